The van der Waals surface area contributed by atoms with Crippen LogP contribution in [0.2, 0.25) is 0 Å². The highest BCUT2D eigenvalue weighted by molar-refractivity contribution is 6.62. The fourth-order valence-corrected chi connectivity index (χ4v) is 2.26. The lowest BCUT2D eigenvalue weighted by Gasteiger charge is -2.32. The van der Waals surface area contributed by atoms with Gasteiger partial charge in [0.1, 0.15) is 0 Å². The Kier molecular flexibility index (Phi) is 5.25. The summed E-state index contributed by atoms with van der Waals surface area (Å²) in [5.74, 6) is -1.15. The van der Waals surface area contributed by atoms with Crippen molar-refractivity contribution >= 4 is 18.6 Å². The van der Waals surface area contributed by atoms with Crippen LogP contribution in [0.15, 0.2) is 12.1 Å². The van der Waals surface area contributed by atoms with Crippen LogP contribution in [-0.4, -0.2) is 30.9 Å². The lowest BCUT2D eigenvalue weighted by molar-refractivity contribution is -0.134. The maximum Gasteiger partial charge on any atom is 0.498 e. The third kappa shape index (κ3) is 3.42. The van der Waals surface area contributed by atoms with E-state index in [0.29, 0.717) is 0 Å². The normalized spacial score (nSPS) is 18.5. The molecule has 1 aliphatic rings. The average molecular weight is 338 g/mol. The van der Waals surface area contributed by atoms with Crippen molar-refractivity contribution in [3.8, 4) is 11.5 Å². The fraction of sp³-hybridized carbons (Fsp3) is 0.588. The highest BCUT2D eigenvalue weighted by atomic mass is 19.1. The molecule has 0 aliphatic carbocycles. The van der Waals surface area contributed by atoms with Crippen molar-refractivity contribution < 1.29 is 28.0 Å². The van der Waals surface area contributed by atoms with Crippen LogP contribution >= 0.6 is 0 Å². The van der Waals surface area contributed by atoms with Crippen LogP contribution in [0, 0.1) is 5.82 Å². The van der Waals surface area contributed by atoms with E-state index in [2.05, 4.69) is 0 Å². The highest BCUT2D eigenvalue weighted by Crippen LogP contribution is 2.38. The molecular formula is C17H24BFO5. The molecule has 0 amide bonds. The molecule has 7 heteroatoms. The van der Waals surface area contributed by atoms with E-state index in [1.165, 1.54) is 12.1 Å². The van der Waals surface area contributed by atoms with Gasteiger partial charge >= 0.3 is 13.1 Å². The molecule has 0 bridgehead atoms. The van der Waals surface area contributed by atoms with Crippen LogP contribution in [0.25, 0.3) is 0 Å². The van der Waals surface area contributed by atoms with E-state index in [1.54, 1.807) is 13.8 Å². The highest BCUT2D eigenvalue weighted by Gasteiger charge is 2.52. The van der Waals surface area contributed by atoms with Gasteiger partial charge in [-0.05, 0) is 40.7 Å². The van der Waals surface area contributed by atoms with E-state index in [4.69, 9.17) is 18.8 Å². The summed E-state index contributed by atoms with van der Waals surface area (Å²) in [6, 6.07) is 3.00. The quantitative estimate of drug-likeness (QED) is 0.469. The fourth-order valence-electron chi connectivity index (χ4n) is 2.26. The lowest BCUT2D eigenvalue weighted by atomic mass is 9.78. The molecule has 0 unspecified atom stereocenters. The van der Waals surface area contributed by atoms with Crippen molar-refractivity contribution in [2.45, 2.75) is 59.2 Å². The first-order valence-corrected chi connectivity index (χ1v) is 8.14. The molecule has 1 fully saturated rings. The summed E-state index contributed by atoms with van der Waals surface area (Å²) in [5, 5.41) is 0. The maximum absolute atomic E-state index is 15.0. The Morgan fingerprint density at radius 3 is 2.25 bits per heavy atom. The Morgan fingerprint density at radius 2 is 1.75 bits per heavy atom. The van der Waals surface area contributed by atoms with E-state index in [9.17, 15) is 9.18 Å². The first-order valence-electron chi connectivity index (χ1n) is 8.14. The number of rotatable bonds is 5. The van der Waals surface area contributed by atoms with Crippen molar-refractivity contribution in [1.82, 2.24) is 0 Å². The van der Waals surface area contributed by atoms with Crippen LogP contribution < -0.4 is 14.9 Å². The van der Waals surface area contributed by atoms with Crippen molar-refractivity contribution in [3.05, 3.63) is 17.9 Å². The zero-order valence-corrected chi connectivity index (χ0v) is 15.1. The molecule has 1 saturated heterocycles. The van der Waals surface area contributed by atoms with Crippen molar-refractivity contribution in [2.75, 3.05) is 6.61 Å². The summed E-state index contributed by atoms with van der Waals surface area (Å²) < 4.78 is 37.2. The number of halogens is 1. The summed E-state index contributed by atoms with van der Waals surface area (Å²) in [5.41, 5.74) is -0.944. The summed E-state index contributed by atoms with van der Waals surface area (Å²) in [7, 11) is -0.856. The Bertz CT molecular complexity index is 614. The molecule has 1 aromatic carbocycles. The molecule has 1 heterocycles. The Balaban J connectivity index is 2.39. The molecule has 1 aliphatic heterocycles. The molecule has 0 spiro atoms. The van der Waals surface area contributed by atoms with E-state index in [-0.39, 0.29) is 30.0 Å². The number of esters is 1. The van der Waals surface area contributed by atoms with Gasteiger partial charge in [-0.3, -0.25) is 4.79 Å². The van der Waals surface area contributed by atoms with Crippen LogP contribution in [0.5, 0.6) is 11.5 Å². The number of hydrogen-bond donors (Lipinski definition) is 0. The predicted octanol–water partition coefficient (Wildman–Crippen LogP) is 2.84. The van der Waals surface area contributed by atoms with E-state index in [1.807, 2.05) is 27.7 Å². The topological polar surface area (TPSA) is 54.0 Å². The Hall–Kier alpha value is -1.60. The second-order valence-electron chi connectivity index (χ2n) is 6.64. The molecule has 0 radical (unpaired) electrons. The summed E-state index contributed by atoms with van der Waals surface area (Å²) >= 11 is 0. The first kappa shape index (κ1) is 18.7. The average Bonchev–Trinajstić information content (AvgIpc) is 2.70. The molecule has 0 N–H and O–H groups in total. The second kappa shape index (κ2) is 6.72. The number of carbonyl (C=O) groups excluding carboxylic acids is 1. The second-order valence-corrected chi connectivity index (χ2v) is 6.64. The van der Waals surface area contributed by atoms with Crippen LogP contribution in [0.3, 0.4) is 0 Å². The zero-order chi connectivity index (χ0) is 18.1. The molecule has 2 rings (SSSR count). The minimum Gasteiger partial charge on any atom is -0.487 e. The minimum atomic E-state index is -0.856. The maximum atomic E-state index is 15.0. The monoisotopic (exact) mass is 338 g/mol. The summed E-state index contributed by atoms with van der Waals surface area (Å²) in [6.07, 6.45) is 0.187. The van der Waals surface area contributed by atoms with Crippen molar-refractivity contribution in [1.29, 1.82) is 0 Å². The van der Waals surface area contributed by atoms with Gasteiger partial charge in [0.15, 0.2) is 17.3 Å². The van der Waals surface area contributed by atoms with Crippen LogP contribution in [-0.2, 0) is 14.1 Å². The third-order valence-corrected chi connectivity index (χ3v) is 4.40. The van der Waals surface area contributed by atoms with Gasteiger partial charge in [-0.1, -0.05) is 13.0 Å². The van der Waals surface area contributed by atoms with Gasteiger partial charge < -0.3 is 18.8 Å². The van der Waals surface area contributed by atoms with Gasteiger partial charge in [0, 0.05) is 11.9 Å². The number of ether oxygens (including phenoxy) is 2. The number of carbonyl (C=O) groups is 1. The summed E-state index contributed by atoms with van der Waals surface area (Å²) in [6.45, 7) is 11.2. The van der Waals surface area contributed by atoms with Crippen LogP contribution in [0.1, 0.15) is 48.0 Å². The lowest BCUT2D eigenvalue weighted by Crippen LogP contribution is -2.41. The van der Waals surface area contributed by atoms with Gasteiger partial charge in [0.2, 0.25) is 0 Å². The SMILES string of the molecule is CCOc1c(OC(=O)CC)ccc(B2OC(C)(C)C(C)(C)O2)c1F. The standard InChI is InChI=1S/C17H24BFO5/c1-7-13(20)22-12-10-9-11(14(19)15(12)21-8-2)18-23-16(3,4)17(5,6)24-18/h9-10H,7-8H2,1-6H3. The molecular weight excluding hydrogens is 314 g/mol. The predicted molar refractivity (Wildman–Crippen MR) is 89.2 cm³/mol. The first-order chi connectivity index (χ1) is 11.1. The van der Waals surface area contributed by atoms with Crippen molar-refractivity contribution in [3.63, 3.8) is 0 Å². The van der Waals surface area contributed by atoms with Gasteiger partial charge in [-0.2, -0.15) is 0 Å². The summed E-state index contributed by atoms with van der Waals surface area (Å²) in [4.78, 5) is 11.5. The molecule has 0 saturated carbocycles. The van der Waals surface area contributed by atoms with E-state index >= 15 is 0 Å². The number of benzene rings is 1. The zero-order valence-electron chi connectivity index (χ0n) is 15.1. The Morgan fingerprint density at radius 1 is 1.17 bits per heavy atom. The van der Waals surface area contributed by atoms with E-state index < -0.39 is 30.1 Å². The molecule has 24 heavy (non-hydrogen) atoms. The van der Waals surface area contributed by atoms with E-state index in [0.717, 1.165) is 0 Å². The van der Waals surface area contributed by atoms with Gasteiger partial charge in [-0.25, -0.2) is 4.39 Å². The van der Waals surface area contributed by atoms with Gasteiger partial charge in [0.25, 0.3) is 0 Å². The smallest absolute Gasteiger partial charge is 0.487 e. The molecule has 1 aromatic rings. The molecule has 0 atom stereocenters. The minimum absolute atomic E-state index is 0.0569. The number of hydrogen-bond acceptors (Lipinski definition) is 5. The Labute approximate surface area is 142 Å². The molecule has 132 valence electrons. The van der Waals surface area contributed by atoms with Gasteiger partial charge in [-0.15, -0.1) is 0 Å². The van der Waals surface area contributed by atoms with Crippen LogP contribution in [0.4, 0.5) is 4.39 Å². The molecule has 5 nitrogen and oxygen atoms in total. The molecule has 0 aromatic heterocycles. The van der Waals surface area contributed by atoms with Gasteiger partial charge in [0.05, 0.1) is 17.8 Å². The largest absolute Gasteiger partial charge is 0.498 e. The third-order valence-electron chi connectivity index (χ3n) is 4.40. The van der Waals surface area contributed by atoms with Crippen molar-refractivity contribution in [2.24, 2.45) is 0 Å².